The zero-order chi connectivity index (χ0) is 28.5. The average molecular weight is 533 g/mol. The molecule has 0 bridgehead atoms. The van der Waals surface area contributed by atoms with Gasteiger partial charge in [0.15, 0.2) is 0 Å². The second-order valence-electron chi connectivity index (χ2n) is 10.5. The van der Waals surface area contributed by atoms with Gasteiger partial charge in [-0.05, 0) is 29.2 Å². The lowest BCUT2D eigenvalue weighted by molar-refractivity contribution is -0.123. The Morgan fingerprint density at radius 2 is 1.38 bits per heavy atom. The first-order valence-corrected chi connectivity index (χ1v) is 12.2. The number of nitrogens with zero attached hydrogens (tertiary/aromatic N) is 3. The Hall–Kier alpha value is -2.80. The molecule has 1 atom stereocenters. The summed E-state index contributed by atoms with van der Waals surface area (Å²) >= 11 is 0. The monoisotopic (exact) mass is 532 g/mol. The van der Waals surface area contributed by atoms with E-state index in [4.69, 9.17) is 30.0 Å². The first kappa shape index (κ1) is 34.2. The van der Waals surface area contributed by atoms with E-state index in [0.717, 1.165) is 0 Å². The van der Waals surface area contributed by atoms with Gasteiger partial charge in [0.05, 0.1) is 45.2 Å². The topological polar surface area (TPSA) is 204 Å². The highest BCUT2D eigenvalue weighted by molar-refractivity contribution is 5.85. The summed E-state index contributed by atoms with van der Waals surface area (Å²) in [4.78, 5) is 36.6. The highest BCUT2D eigenvalue weighted by atomic mass is 16.5. The number of azide groups is 1. The van der Waals surface area contributed by atoms with E-state index in [1.165, 1.54) is 0 Å². The summed E-state index contributed by atoms with van der Waals surface area (Å²) in [6.45, 7) is 14.2. The van der Waals surface area contributed by atoms with Gasteiger partial charge in [0.2, 0.25) is 5.91 Å². The number of carbonyl (C=O) groups is 3. The zero-order valence-corrected chi connectivity index (χ0v) is 22.8. The third-order valence-corrected chi connectivity index (χ3v) is 5.86. The summed E-state index contributed by atoms with van der Waals surface area (Å²) < 4.78 is 16.7. The number of hydrogen-bond donors (Lipinski definition) is 5. The van der Waals surface area contributed by atoms with Crippen molar-refractivity contribution < 1.29 is 38.8 Å². The van der Waals surface area contributed by atoms with Crippen LogP contribution in [0.4, 0.5) is 9.59 Å². The molecule has 0 heterocycles. The van der Waals surface area contributed by atoms with E-state index in [9.17, 15) is 14.4 Å². The summed E-state index contributed by atoms with van der Waals surface area (Å²) in [5.41, 5.74) is 7.76. The Morgan fingerprint density at radius 3 is 1.86 bits per heavy atom. The Labute approximate surface area is 218 Å². The number of hydrogen-bond acceptors (Lipinski definition) is 7. The fourth-order valence-electron chi connectivity index (χ4n) is 3.91. The second kappa shape index (κ2) is 16.8. The highest BCUT2D eigenvalue weighted by Gasteiger charge is 2.50. The minimum Gasteiger partial charge on any atom is -0.465 e. The summed E-state index contributed by atoms with van der Waals surface area (Å²) in [6.07, 6.45) is -2.09. The Kier molecular flexibility index (Phi) is 15.6. The fourth-order valence-corrected chi connectivity index (χ4v) is 3.91. The van der Waals surface area contributed by atoms with Gasteiger partial charge in [-0.15, -0.1) is 0 Å². The molecule has 14 nitrogen and oxygen atoms in total. The molecule has 37 heavy (non-hydrogen) atoms. The molecular weight excluding hydrogens is 488 g/mol. The van der Waals surface area contributed by atoms with Crippen LogP contribution in [0.3, 0.4) is 0 Å². The van der Waals surface area contributed by atoms with Crippen LogP contribution in [0.5, 0.6) is 0 Å². The minimum absolute atomic E-state index is 0.108. The van der Waals surface area contributed by atoms with E-state index in [0.29, 0.717) is 32.8 Å². The predicted molar refractivity (Wildman–Crippen MR) is 136 cm³/mol. The largest absolute Gasteiger partial charge is 0.465 e. The smallest absolute Gasteiger partial charge is 0.405 e. The van der Waals surface area contributed by atoms with Crippen molar-refractivity contribution in [3.05, 3.63) is 10.4 Å². The summed E-state index contributed by atoms with van der Waals surface area (Å²) in [5, 5.41) is 28.4. The first-order chi connectivity index (χ1) is 17.2. The Bertz CT molecular complexity index is 745. The van der Waals surface area contributed by atoms with Gasteiger partial charge in [-0.25, -0.2) is 9.59 Å². The number of carbonyl (C=O) groups excluding carboxylic acids is 1. The molecular formula is C23H44N6O8. The number of ether oxygens (including phenoxy) is 3. The Morgan fingerprint density at radius 1 is 0.838 bits per heavy atom. The van der Waals surface area contributed by atoms with E-state index in [1.807, 2.05) is 41.5 Å². The highest BCUT2D eigenvalue weighted by Crippen LogP contribution is 2.47. The molecule has 3 amide bonds. The molecule has 214 valence electrons. The maximum absolute atomic E-state index is 12.2. The fraction of sp³-hybridized carbons (Fsp3) is 0.870. The van der Waals surface area contributed by atoms with Crippen molar-refractivity contribution in [3.63, 3.8) is 0 Å². The van der Waals surface area contributed by atoms with Crippen LogP contribution < -0.4 is 16.0 Å². The van der Waals surface area contributed by atoms with E-state index in [-0.39, 0.29) is 43.6 Å². The van der Waals surface area contributed by atoms with Crippen LogP contribution in [0.2, 0.25) is 0 Å². The normalized spacial score (nSPS) is 12.8. The third-order valence-electron chi connectivity index (χ3n) is 5.86. The number of carboxylic acid groups (broad SMARTS) is 2. The van der Waals surface area contributed by atoms with Crippen LogP contribution >= 0.6 is 0 Å². The molecule has 14 heteroatoms. The third kappa shape index (κ3) is 13.4. The molecule has 0 saturated heterocycles. The van der Waals surface area contributed by atoms with E-state index >= 15 is 0 Å². The molecule has 0 aromatic carbocycles. The second-order valence-corrected chi connectivity index (χ2v) is 10.5. The van der Waals surface area contributed by atoms with Gasteiger partial charge < -0.3 is 40.4 Å². The van der Waals surface area contributed by atoms with E-state index < -0.39 is 29.7 Å². The molecule has 5 N–H and O–H groups in total. The van der Waals surface area contributed by atoms with Crippen LogP contribution in [0, 0.1) is 10.8 Å². The lowest BCUT2D eigenvalue weighted by Gasteiger charge is -2.50. The van der Waals surface area contributed by atoms with E-state index in [2.05, 4.69) is 26.0 Å². The van der Waals surface area contributed by atoms with Gasteiger partial charge in [-0.3, -0.25) is 4.79 Å². The summed E-state index contributed by atoms with van der Waals surface area (Å²) in [5.74, 6) is -0.517. The van der Waals surface area contributed by atoms with Crippen molar-refractivity contribution in [1.82, 2.24) is 16.0 Å². The Balaban J connectivity index is 4.18. The van der Waals surface area contributed by atoms with Crippen molar-refractivity contribution in [1.29, 1.82) is 0 Å². The molecule has 0 aliphatic heterocycles. The van der Waals surface area contributed by atoms with Crippen molar-refractivity contribution in [2.45, 2.75) is 66.0 Å². The van der Waals surface area contributed by atoms with Gasteiger partial charge in [0.25, 0.3) is 0 Å². The molecule has 0 fully saturated rings. The van der Waals surface area contributed by atoms with Crippen molar-refractivity contribution in [2.75, 3.05) is 52.7 Å². The molecule has 0 rings (SSSR count). The summed E-state index contributed by atoms with van der Waals surface area (Å²) in [7, 11) is 0. The van der Waals surface area contributed by atoms with Gasteiger partial charge in [-0.1, -0.05) is 46.7 Å². The molecule has 0 aromatic rings. The van der Waals surface area contributed by atoms with Crippen molar-refractivity contribution >= 4 is 18.1 Å². The van der Waals surface area contributed by atoms with Crippen LogP contribution in [0.15, 0.2) is 5.11 Å². The maximum Gasteiger partial charge on any atom is 0.405 e. The lowest BCUT2D eigenvalue weighted by atomic mass is 9.61. The van der Waals surface area contributed by atoms with Crippen LogP contribution in [-0.4, -0.2) is 92.6 Å². The quantitative estimate of drug-likeness (QED) is 0.0766. The van der Waals surface area contributed by atoms with Crippen LogP contribution in [-0.2, 0) is 19.0 Å². The standard InChI is InChI=1S/C23H44N6O8/c1-21(2,3)23(28-29-24,22(4,5)6)16-37-15-14-36-13-12-35-11-10-25-18(30)17(27-20(33)34)8-7-9-26-19(31)32/h17,26-27H,7-16H2,1-6H3,(H,25,30)(H,31,32)(H,33,34)/t17-/m0/s1. The predicted octanol–water partition coefficient (Wildman–Crippen LogP) is 2.98. The number of amides is 3. The van der Waals surface area contributed by atoms with Crippen molar-refractivity contribution in [3.8, 4) is 0 Å². The first-order valence-electron chi connectivity index (χ1n) is 12.2. The van der Waals surface area contributed by atoms with Gasteiger partial charge in [0.1, 0.15) is 6.04 Å². The van der Waals surface area contributed by atoms with Gasteiger partial charge in [-0.2, -0.15) is 0 Å². The molecule has 0 aromatic heterocycles. The zero-order valence-electron chi connectivity index (χ0n) is 22.8. The molecule has 0 saturated carbocycles. The van der Waals surface area contributed by atoms with Gasteiger partial charge >= 0.3 is 12.2 Å². The maximum atomic E-state index is 12.2. The summed E-state index contributed by atoms with van der Waals surface area (Å²) in [6, 6.07) is -0.995. The van der Waals surface area contributed by atoms with Gasteiger partial charge in [0, 0.05) is 18.0 Å². The van der Waals surface area contributed by atoms with E-state index in [1.54, 1.807) is 0 Å². The number of rotatable bonds is 18. The number of nitrogens with one attached hydrogen (secondary N) is 3. The lowest BCUT2D eigenvalue weighted by Crippen LogP contribution is -2.54. The minimum atomic E-state index is -1.34. The molecule has 0 unspecified atom stereocenters. The van der Waals surface area contributed by atoms with Crippen LogP contribution in [0.25, 0.3) is 10.4 Å². The van der Waals surface area contributed by atoms with Crippen LogP contribution in [0.1, 0.15) is 54.4 Å². The SMILES string of the molecule is CC(C)(C)C(COCCOCCOCCNC(=O)[C@H](CCCNC(=O)O)NC(=O)O)(N=[N+]=[N-])C(C)(C)C. The molecule has 0 radical (unpaired) electrons. The molecule has 0 aliphatic rings. The van der Waals surface area contributed by atoms with Crippen molar-refractivity contribution in [2.24, 2.45) is 15.9 Å². The molecule has 0 spiro atoms. The average Bonchev–Trinajstić information content (AvgIpc) is 2.76. The molecule has 0 aliphatic carbocycles.